The Morgan fingerprint density at radius 2 is 1.82 bits per heavy atom. The summed E-state index contributed by atoms with van der Waals surface area (Å²) < 4.78 is 11.3. The third kappa shape index (κ3) is 4.81. The fourth-order valence-electron chi connectivity index (χ4n) is 6.27. The van der Waals surface area contributed by atoms with E-state index in [2.05, 4.69) is 17.9 Å². The van der Waals surface area contributed by atoms with E-state index in [1.807, 2.05) is 18.2 Å². The Bertz CT molecular complexity index is 1060. The third-order valence-corrected chi connectivity index (χ3v) is 7.99. The SMILES string of the molecule is Oc1ccc(C[C@@]23CCC(O)(C#CCOC4CCCCO4)C[C@@H]2CCc2cc(O)ccc23)cc1. The molecule has 2 unspecified atom stereocenters. The summed E-state index contributed by atoms with van der Waals surface area (Å²) in [6.45, 7) is 1.02. The molecule has 2 aromatic rings. The molecule has 3 aliphatic rings. The summed E-state index contributed by atoms with van der Waals surface area (Å²) in [4.78, 5) is 0. The van der Waals surface area contributed by atoms with Crippen LogP contribution < -0.4 is 0 Å². The monoisotopic (exact) mass is 462 g/mol. The lowest BCUT2D eigenvalue weighted by Crippen LogP contribution is -2.50. The van der Waals surface area contributed by atoms with Crippen molar-refractivity contribution >= 4 is 0 Å². The molecule has 2 fully saturated rings. The van der Waals surface area contributed by atoms with Crippen molar-refractivity contribution in [2.45, 2.75) is 75.1 Å². The average Bonchev–Trinajstić information content (AvgIpc) is 2.84. The molecule has 0 amide bonds. The van der Waals surface area contributed by atoms with Crippen molar-refractivity contribution in [1.82, 2.24) is 0 Å². The van der Waals surface area contributed by atoms with Gasteiger partial charge in [0, 0.05) is 12.0 Å². The van der Waals surface area contributed by atoms with E-state index in [0.717, 1.165) is 51.6 Å². The number of phenols is 2. The zero-order chi connectivity index (χ0) is 23.6. The second-order valence-corrected chi connectivity index (χ2v) is 10.2. The number of aryl methyl sites for hydroxylation is 1. The lowest BCUT2D eigenvalue weighted by molar-refractivity contribution is -0.154. The highest BCUT2D eigenvalue weighted by Gasteiger charge is 2.51. The Kier molecular flexibility index (Phi) is 6.57. The molecule has 0 radical (unpaired) electrons. The van der Waals surface area contributed by atoms with Crippen LogP contribution in [0.5, 0.6) is 11.5 Å². The van der Waals surface area contributed by atoms with Crippen molar-refractivity contribution in [1.29, 1.82) is 0 Å². The normalized spacial score (nSPS) is 30.5. The Morgan fingerprint density at radius 3 is 2.62 bits per heavy atom. The summed E-state index contributed by atoms with van der Waals surface area (Å²) in [6.07, 6.45) is 7.63. The van der Waals surface area contributed by atoms with Gasteiger partial charge in [-0.1, -0.05) is 30.0 Å². The first-order chi connectivity index (χ1) is 16.5. The molecule has 1 aliphatic heterocycles. The van der Waals surface area contributed by atoms with Crippen molar-refractivity contribution in [3.8, 4) is 23.3 Å². The highest BCUT2D eigenvalue weighted by molar-refractivity contribution is 5.45. The van der Waals surface area contributed by atoms with E-state index in [1.165, 1.54) is 16.7 Å². The minimum absolute atomic E-state index is 0.126. The van der Waals surface area contributed by atoms with Crippen molar-refractivity contribution in [2.24, 2.45) is 5.92 Å². The number of hydrogen-bond donors (Lipinski definition) is 3. The van der Waals surface area contributed by atoms with Gasteiger partial charge < -0.3 is 24.8 Å². The van der Waals surface area contributed by atoms with Gasteiger partial charge in [-0.15, -0.1) is 0 Å². The van der Waals surface area contributed by atoms with Crippen molar-refractivity contribution in [3.05, 3.63) is 59.2 Å². The van der Waals surface area contributed by atoms with E-state index in [1.54, 1.807) is 18.2 Å². The second-order valence-electron chi connectivity index (χ2n) is 10.2. The van der Waals surface area contributed by atoms with E-state index >= 15 is 0 Å². The van der Waals surface area contributed by atoms with Crippen LogP contribution in [0.25, 0.3) is 0 Å². The van der Waals surface area contributed by atoms with Gasteiger partial charge in [0.15, 0.2) is 6.29 Å². The molecule has 1 heterocycles. The number of fused-ring (bicyclic) bond motifs is 3. The summed E-state index contributed by atoms with van der Waals surface area (Å²) in [5.41, 5.74) is 2.50. The lowest BCUT2D eigenvalue weighted by atomic mass is 9.52. The van der Waals surface area contributed by atoms with Crippen LogP contribution in [0.3, 0.4) is 0 Å². The van der Waals surface area contributed by atoms with Gasteiger partial charge in [0.2, 0.25) is 0 Å². The van der Waals surface area contributed by atoms with Crippen LogP contribution in [-0.4, -0.2) is 40.4 Å². The minimum atomic E-state index is -1.02. The number of phenolic OH excluding ortho intramolecular Hbond substituents is 2. The molecule has 3 N–H and O–H groups in total. The Morgan fingerprint density at radius 1 is 1.00 bits per heavy atom. The second kappa shape index (κ2) is 9.62. The smallest absolute Gasteiger partial charge is 0.158 e. The van der Waals surface area contributed by atoms with Gasteiger partial charge in [-0.3, -0.25) is 0 Å². The van der Waals surface area contributed by atoms with Gasteiger partial charge in [0.25, 0.3) is 0 Å². The van der Waals surface area contributed by atoms with Crippen LogP contribution in [-0.2, 0) is 27.7 Å². The first kappa shape index (κ1) is 23.2. The summed E-state index contributed by atoms with van der Waals surface area (Å²) in [7, 11) is 0. The van der Waals surface area contributed by atoms with Crippen LogP contribution in [0, 0.1) is 17.8 Å². The van der Waals surface area contributed by atoms with E-state index in [-0.39, 0.29) is 30.0 Å². The Labute approximate surface area is 201 Å². The quantitative estimate of drug-likeness (QED) is 0.579. The maximum Gasteiger partial charge on any atom is 0.158 e. The molecule has 1 saturated heterocycles. The fraction of sp³-hybridized carbons (Fsp3) is 0.517. The molecule has 5 rings (SSSR count). The molecular weight excluding hydrogens is 428 g/mol. The highest BCUT2D eigenvalue weighted by atomic mass is 16.7. The number of aromatic hydroxyl groups is 2. The van der Waals surface area contributed by atoms with Crippen molar-refractivity contribution in [3.63, 3.8) is 0 Å². The number of ether oxygens (including phenoxy) is 2. The van der Waals surface area contributed by atoms with E-state index in [9.17, 15) is 15.3 Å². The summed E-state index contributed by atoms with van der Waals surface area (Å²) in [6, 6.07) is 13.2. The molecule has 2 aliphatic carbocycles. The zero-order valence-corrected chi connectivity index (χ0v) is 19.6. The van der Waals surface area contributed by atoms with Crippen LogP contribution in [0.4, 0.5) is 0 Å². The molecule has 0 spiro atoms. The third-order valence-electron chi connectivity index (χ3n) is 7.99. The number of aliphatic hydroxyl groups is 1. The Balaban J connectivity index is 1.37. The molecule has 34 heavy (non-hydrogen) atoms. The molecule has 5 heteroatoms. The van der Waals surface area contributed by atoms with Crippen LogP contribution in [0.2, 0.25) is 0 Å². The van der Waals surface area contributed by atoms with Crippen molar-refractivity contribution < 1.29 is 24.8 Å². The average molecular weight is 463 g/mol. The standard InChI is InChI=1S/C29H34O5/c30-24-9-5-21(6-10-24)19-29-15-14-28(32,13-3-17-34-27-4-1-2-16-33-27)20-23(29)8-7-22-18-25(31)11-12-26(22)29/h5-6,9-12,18,23,27,30-32H,1-2,4,7-8,14-17,19-20H2/t23-,27?,28?,29-/m0/s1. The summed E-state index contributed by atoms with van der Waals surface area (Å²) in [5.74, 6) is 7.05. The van der Waals surface area contributed by atoms with Gasteiger partial charge in [-0.2, -0.15) is 0 Å². The van der Waals surface area contributed by atoms with Gasteiger partial charge in [-0.05, 0) is 105 Å². The molecular formula is C29H34O5. The van der Waals surface area contributed by atoms with E-state index in [4.69, 9.17) is 9.47 Å². The predicted octanol–water partition coefficient (Wildman–Crippen LogP) is 4.60. The zero-order valence-electron chi connectivity index (χ0n) is 19.6. The highest BCUT2D eigenvalue weighted by Crippen LogP contribution is 2.54. The van der Waals surface area contributed by atoms with Crippen molar-refractivity contribution in [2.75, 3.05) is 13.2 Å². The molecule has 0 aromatic heterocycles. The van der Waals surface area contributed by atoms with Crippen LogP contribution >= 0.6 is 0 Å². The largest absolute Gasteiger partial charge is 0.508 e. The van der Waals surface area contributed by atoms with Crippen LogP contribution in [0.1, 0.15) is 61.6 Å². The van der Waals surface area contributed by atoms with Gasteiger partial charge in [0.05, 0.1) is 0 Å². The van der Waals surface area contributed by atoms with Gasteiger partial charge >= 0.3 is 0 Å². The molecule has 0 bridgehead atoms. The van der Waals surface area contributed by atoms with Gasteiger partial charge in [0.1, 0.15) is 23.7 Å². The molecule has 180 valence electrons. The predicted molar refractivity (Wildman–Crippen MR) is 130 cm³/mol. The minimum Gasteiger partial charge on any atom is -0.508 e. The number of rotatable bonds is 4. The Hall–Kier alpha value is -2.52. The molecule has 5 nitrogen and oxygen atoms in total. The molecule has 4 atom stereocenters. The maximum atomic E-state index is 11.4. The summed E-state index contributed by atoms with van der Waals surface area (Å²) in [5, 5.41) is 31.2. The van der Waals surface area contributed by atoms with Gasteiger partial charge in [-0.25, -0.2) is 0 Å². The number of hydrogen-bond acceptors (Lipinski definition) is 5. The first-order valence-corrected chi connectivity index (χ1v) is 12.5. The topological polar surface area (TPSA) is 79.2 Å². The first-order valence-electron chi connectivity index (χ1n) is 12.5. The maximum absolute atomic E-state index is 11.4. The fourth-order valence-corrected chi connectivity index (χ4v) is 6.27. The lowest BCUT2D eigenvalue weighted by Gasteiger charge is -2.52. The van der Waals surface area contributed by atoms with E-state index in [0.29, 0.717) is 18.6 Å². The van der Waals surface area contributed by atoms with E-state index < -0.39 is 5.60 Å². The molecule has 2 aromatic carbocycles. The molecule has 1 saturated carbocycles. The number of benzene rings is 2. The summed E-state index contributed by atoms with van der Waals surface area (Å²) >= 11 is 0. The van der Waals surface area contributed by atoms with Crippen LogP contribution in [0.15, 0.2) is 42.5 Å².